The molecule has 10 heteroatoms. The Kier molecular flexibility index (Phi) is 6.18. The number of halogens is 3. The second-order valence-corrected chi connectivity index (χ2v) is 8.05. The highest BCUT2D eigenvalue weighted by Gasteiger charge is 2.33. The summed E-state index contributed by atoms with van der Waals surface area (Å²) in [5.41, 5.74) is 3.02. The zero-order valence-electron chi connectivity index (χ0n) is 13.8. The first-order valence-corrected chi connectivity index (χ1v) is 9.76. The lowest BCUT2D eigenvalue weighted by atomic mass is 10.1. The number of carbonyl (C=O) groups excluding carboxylic acids is 2. The van der Waals surface area contributed by atoms with Crippen molar-refractivity contribution in [2.75, 3.05) is 10.5 Å². The van der Waals surface area contributed by atoms with Gasteiger partial charge in [0.25, 0.3) is 10.0 Å². The SMILES string of the molecule is CC(=O)SCC(=O)c1ccc(NS(=O)(=O)C2=C=C=C(C(F)(F)F)C=C2)cc1. The topological polar surface area (TPSA) is 80.3 Å². The Morgan fingerprint density at radius 2 is 1.74 bits per heavy atom. The van der Waals surface area contributed by atoms with Crippen molar-refractivity contribution in [3.05, 3.63) is 63.9 Å². The molecule has 0 heterocycles. The molecule has 0 saturated carbocycles. The Morgan fingerprint density at radius 1 is 1.11 bits per heavy atom. The molecule has 1 aromatic carbocycles. The molecule has 142 valence electrons. The smallest absolute Gasteiger partial charge is 0.293 e. The van der Waals surface area contributed by atoms with Crippen LogP contribution < -0.4 is 4.72 Å². The molecular formula is C17H12F3NO4S2. The number of nitrogens with one attached hydrogen (secondary N) is 1. The number of hydrogen-bond acceptors (Lipinski definition) is 5. The third-order valence-electron chi connectivity index (χ3n) is 3.18. The van der Waals surface area contributed by atoms with E-state index in [0.717, 1.165) is 17.8 Å². The van der Waals surface area contributed by atoms with Gasteiger partial charge in [-0.1, -0.05) is 17.5 Å². The van der Waals surface area contributed by atoms with Crippen molar-refractivity contribution in [2.24, 2.45) is 0 Å². The van der Waals surface area contributed by atoms with Gasteiger partial charge < -0.3 is 0 Å². The highest BCUT2D eigenvalue weighted by molar-refractivity contribution is 8.14. The van der Waals surface area contributed by atoms with Gasteiger partial charge in [0.15, 0.2) is 10.9 Å². The van der Waals surface area contributed by atoms with Crippen LogP contribution in [0, 0.1) is 0 Å². The van der Waals surface area contributed by atoms with E-state index in [1.54, 1.807) is 5.73 Å². The van der Waals surface area contributed by atoms with Crippen molar-refractivity contribution in [1.82, 2.24) is 0 Å². The van der Waals surface area contributed by atoms with Gasteiger partial charge in [-0.2, -0.15) is 13.2 Å². The summed E-state index contributed by atoms with van der Waals surface area (Å²) < 4.78 is 64.1. The lowest BCUT2D eigenvalue weighted by molar-refractivity contribution is -0.109. The zero-order chi connectivity index (χ0) is 20.2. The molecule has 0 aromatic heterocycles. The second kappa shape index (κ2) is 8.02. The van der Waals surface area contributed by atoms with Crippen LogP contribution in [0.5, 0.6) is 0 Å². The Labute approximate surface area is 157 Å². The zero-order valence-corrected chi connectivity index (χ0v) is 15.4. The standard InChI is InChI=1S/C17H12F3NO4S2/c1-11(22)26-10-16(23)12-2-6-14(7-3-12)21-27(24,25)15-8-4-13(5-9-15)17(18,19)20/h2-4,6-8,21H,10H2,1H3. The van der Waals surface area contributed by atoms with Crippen LogP contribution in [0.3, 0.4) is 0 Å². The largest absolute Gasteiger partial charge is 0.424 e. The van der Waals surface area contributed by atoms with E-state index in [2.05, 4.69) is 4.72 Å². The van der Waals surface area contributed by atoms with Gasteiger partial charge in [-0.15, -0.1) is 0 Å². The number of anilines is 1. The molecule has 1 aromatic rings. The molecule has 2 rings (SSSR count). The van der Waals surface area contributed by atoms with Crippen molar-refractivity contribution >= 4 is 38.4 Å². The molecule has 1 aliphatic carbocycles. The predicted octanol–water partition coefficient (Wildman–Crippen LogP) is 3.59. The Morgan fingerprint density at radius 3 is 2.22 bits per heavy atom. The fourth-order valence-electron chi connectivity index (χ4n) is 1.88. The molecule has 0 atom stereocenters. The van der Waals surface area contributed by atoms with Gasteiger partial charge >= 0.3 is 6.18 Å². The van der Waals surface area contributed by atoms with E-state index < -0.39 is 26.7 Å². The van der Waals surface area contributed by atoms with Crippen LogP contribution in [-0.4, -0.2) is 31.2 Å². The molecule has 0 spiro atoms. The van der Waals surface area contributed by atoms with Crippen LogP contribution in [0.15, 0.2) is 58.4 Å². The molecular weight excluding hydrogens is 403 g/mol. The number of rotatable bonds is 6. The second-order valence-electron chi connectivity index (χ2n) is 5.25. The van der Waals surface area contributed by atoms with Gasteiger partial charge in [-0.3, -0.25) is 14.3 Å². The van der Waals surface area contributed by atoms with Gasteiger partial charge in [-0.05, 0) is 42.1 Å². The quantitative estimate of drug-likeness (QED) is 0.567. The average molecular weight is 415 g/mol. The van der Waals surface area contributed by atoms with E-state index in [-0.39, 0.29) is 22.3 Å². The summed E-state index contributed by atoms with van der Waals surface area (Å²) in [5.74, 6) is -0.327. The number of sulfonamides is 1. The van der Waals surface area contributed by atoms with Gasteiger partial charge in [0.2, 0.25) is 0 Å². The summed E-state index contributed by atoms with van der Waals surface area (Å²) >= 11 is 0.861. The number of allylic oxidation sites excluding steroid dienone is 3. The lowest BCUT2D eigenvalue weighted by Gasteiger charge is -2.10. The number of alkyl halides is 3. The monoisotopic (exact) mass is 415 g/mol. The molecule has 0 saturated heterocycles. The number of carbonyl (C=O) groups is 2. The first-order valence-electron chi connectivity index (χ1n) is 7.30. The number of hydrogen-bond donors (Lipinski definition) is 1. The number of Topliss-reactive ketones (excluding diaryl/α,β-unsaturated/α-hetero) is 1. The van der Waals surface area contributed by atoms with Gasteiger partial charge in [0.05, 0.1) is 5.75 Å². The van der Waals surface area contributed by atoms with Crippen LogP contribution in [0.25, 0.3) is 0 Å². The van der Waals surface area contributed by atoms with Crippen LogP contribution >= 0.6 is 11.8 Å². The molecule has 0 unspecified atom stereocenters. The minimum atomic E-state index is -4.64. The molecule has 0 bridgehead atoms. The van der Waals surface area contributed by atoms with Crippen LogP contribution in [0.1, 0.15) is 17.3 Å². The number of thioether (sulfide) groups is 1. The maximum absolute atomic E-state index is 12.5. The minimum absolute atomic E-state index is 0.0310. The highest BCUT2D eigenvalue weighted by Crippen LogP contribution is 2.28. The van der Waals surface area contributed by atoms with Crippen molar-refractivity contribution < 1.29 is 31.2 Å². The first kappa shape index (κ1) is 20.8. The molecule has 27 heavy (non-hydrogen) atoms. The molecule has 1 N–H and O–H groups in total. The van der Waals surface area contributed by atoms with Crippen molar-refractivity contribution in [1.29, 1.82) is 0 Å². The van der Waals surface area contributed by atoms with Gasteiger partial charge in [0.1, 0.15) is 10.5 Å². The van der Waals surface area contributed by atoms with Crippen molar-refractivity contribution in [2.45, 2.75) is 13.1 Å². The summed E-state index contributed by atoms with van der Waals surface area (Å²) in [6.07, 6.45) is -3.27. The Hall–Kier alpha value is -2.51. The van der Waals surface area contributed by atoms with Crippen LogP contribution in [-0.2, 0) is 14.8 Å². The van der Waals surface area contributed by atoms with E-state index in [9.17, 15) is 31.2 Å². The maximum Gasteiger partial charge on any atom is 0.424 e. The third kappa shape index (κ3) is 5.74. The molecule has 1 aliphatic rings. The van der Waals surface area contributed by atoms with E-state index in [0.29, 0.717) is 11.6 Å². The number of ketones is 1. The normalized spacial score (nSPS) is 13.8. The molecule has 0 aliphatic heterocycles. The summed E-state index contributed by atoms with van der Waals surface area (Å²) in [4.78, 5) is 22.2. The summed E-state index contributed by atoms with van der Waals surface area (Å²) in [6, 6.07) is 5.42. The van der Waals surface area contributed by atoms with Crippen molar-refractivity contribution in [3.63, 3.8) is 0 Å². The molecule has 0 radical (unpaired) electrons. The maximum atomic E-state index is 12.5. The van der Waals surface area contributed by atoms with Gasteiger partial charge in [0, 0.05) is 18.2 Å². The summed E-state index contributed by atoms with van der Waals surface area (Å²) in [6.45, 7) is 1.34. The Balaban J connectivity index is 2.16. The number of benzene rings is 1. The van der Waals surface area contributed by atoms with E-state index in [1.165, 1.54) is 31.2 Å². The van der Waals surface area contributed by atoms with Crippen molar-refractivity contribution in [3.8, 4) is 0 Å². The summed E-state index contributed by atoms with van der Waals surface area (Å²) in [7, 11) is -4.17. The van der Waals surface area contributed by atoms with E-state index in [4.69, 9.17) is 0 Å². The fourth-order valence-corrected chi connectivity index (χ4v) is 3.37. The third-order valence-corrected chi connectivity index (χ3v) is 5.32. The Bertz CT molecular complexity index is 1010. The summed E-state index contributed by atoms with van der Waals surface area (Å²) in [5, 5.41) is -0.197. The predicted molar refractivity (Wildman–Crippen MR) is 95.7 cm³/mol. The highest BCUT2D eigenvalue weighted by atomic mass is 32.2. The van der Waals surface area contributed by atoms with E-state index in [1.807, 2.05) is 5.73 Å². The average Bonchev–Trinajstić information content (AvgIpc) is 2.59. The van der Waals surface area contributed by atoms with Gasteiger partial charge in [-0.25, -0.2) is 8.42 Å². The van der Waals surface area contributed by atoms with Crippen LogP contribution in [0.2, 0.25) is 0 Å². The lowest BCUT2D eigenvalue weighted by Crippen LogP contribution is -2.15. The van der Waals surface area contributed by atoms with E-state index >= 15 is 0 Å². The molecule has 0 fully saturated rings. The molecule has 5 nitrogen and oxygen atoms in total. The first-order chi connectivity index (χ1) is 12.5. The fraction of sp³-hybridized carbons (Fsp3) is 0.176. The minimum Gasteiger partial charge on any atom is -0.293 e. The molecule has 0 amide bonds. The van der Waals surface area contributed by atoms with Crippen LogP contribution in [0.4, 0.5) is 18.9 Å².